The molecule has 0 heterocycles. The third-order valence-corrected chi connectivity index (χ3v) is 5.94. The van der Waals surface area contributed by atoms with E-state index in [4.69, 9.17) is 11.6 Å². The van der Waals surface area contributed by atoms with Gasteiger partial charge in [-0.2, -0.15) is 0 Å². The summed E-state index contributed by atoms with van der Waals surface area (Å²) in [6.07, 6.45) is 0.841. The van der Waals surface area contributed by atoms with Crippen molar-refractivity contribution in [2.45, 2.75) is 19.5 Å². The van der Waals surface area contributed by atoms with Gasteiger partial charge in [0.25, 0.3) is 0 Å². The van der Waals surface area contributed by atoms with Crippen LogP contribution < -0.4 is 9.62 Å². The largest absolute Gasteiger partial charge is 0.357 e. The molecular formula is C20H22ClF2N3O4S. The quantitative estimate of drug-likeness (QED) is 0.638. The van der Waals surface area contributed by atoms with Gasteiger partial charge >= 0.3 is 0 Å². The van der Waals surface area contributed by atoms with E-state index in [0.717, 1.165) is 18.4 Å². The highest BCUT2D eigenvalue weighted by atomic mass is 35.5. The lowest BCUT2D eigenvalue weighted by Crippen LogP contribution is -2.50. The summed E-state index contributed by atoms with van der Waals surface area (Å²) in [5.41, 5.74) is 0.445. The molecule has 31 heavy (non-hydrogen) atoms. The normalized spacial score (nSPS) is 12.2. The van der Waals surface area contributed by atoms with Crippen LogP contribution in [0.2, 0.25) is 5.02 Å². The summed E-state index contributed by atoms with van der Waals surface area (Å²) in [4.78, 5) is 26.5. The molecule has 2 amide bonds. The van der Waals surface area contributed by atoms with Crippen molar-refractivity contribution >= 4 is 39.1 Å². The number of hydrogen-bond acceptors (Lipinski definition) is 4. The molecule has 0 fully saturated rings. The van der Waals surface area contributed by atoms with Crippen molar-refractivity contribution in [1.82, 2.24) is 10.2 Å². The van der Waals surface area contributed by atoms with Crippen LogP contribution in [0.4, 0.5) is 14.5 Å². The minimum Gasteiger partial charge on any atom is -0.357 e. The number of nitrogens with one attached hydrogen (secondary N) is 1. The van der Waals surface area contributed by atoms with E-state index in [0.29, 0.717) is 21.0 Å². The van der Waals surface area contributed by atoms with E-state index in [2.05, 4.69) is 5.32 Å². The van der Waals surface area contributed by atoms with Crippen molar-refractivity contribution in [2.24, 2.45) is 0 Å². The lowest BCUT2D eigenvalue weighted by molar-refractivity contribution is -0.139. The number of hydrogen-bond donors (Lipinski definition) is 1. The Morgan fingerprint density at radius 3 is 2.23 bits per heavy atom. The van der Waals surface area contributed by atoms with Crippen molar-refractivity contribution in [1.29, 1.82) is 0 Å². The van der Waals surface area contributed by atoms with E-state index in [1.165, 1.54) is 18.9 Å². The summed E-state index contributed by atoms with van der Waals surface area (Å²) in [5.74, 6) is -3.57. The molecule has 0 aliphatic carbocycles. The zero-order valence-electron chi connectivity index (χ0n) is 17.1. The van der Waals surface area contributed by atoms with Gasteiger partial charge in [-0.15, -0.1) is 0 Å². The zero-order chi connectivity index (χ0) is 23.3. The maximum atomic E-state index is 13.7. The fraction of sp³-hybridized carbons (Fsp3) is 0.300. The first-order valence-corrected chi connectivity index (χ1v) is 11.3. The number of carbonyl (C=O) groups excluding carboxylic acids is 2. The number of rotatable bonds is 8. The Hall–Kier alpha value is -2.72. The second-order valence-electron chi connectivity index (χ2n) is 6.81. The summed E-state index contributed by atoms with van der Waals surface area (Å²) in [6.45, 7) is 0.786. The van der Waals surface area contributed by atoms with E-state index >= 15 is 0 Å². The van der Waals surface area contributed by atoms with Gasteiger partial charge < -0.3 is 10.2 Å². The maximum Gasteiger partial charge on any atom is 0.244 e. The topological polar surface area (TPSA) is 86.8 Å². The van der Waals surface area contributed by atoms with E-state index in [1.54, 1.807) is 24.3 Å². The van der Waals surface area contributed by atoms with Crippen molar-refractivity contribution < 1.29 is 26.8 Å². The van der Waals surface area contributed by atoms with Gasteiger partial charge in [0.2, 0.25) is 21.8 Å². The summed E-state index contributed by atoms with van der Waals surface area (Å²) >= 11 is 5.88. The first-order chi connectivity index (χ1) is 14.4. The molecule has 1 N–H and O–H groups in total. The molecule has 0 saturated heterocycles. The molecule has 2 aromatic rings. The molecule has 0 unspecified atom stereocenters. The minimum atomic E-state index is -4.03. The van der Waals surface area contributed by atoms with Crippen LogP contribution in [0.5, 0.6) is 0 Å². The van der Waals surface area contributed by atoms with Crippen molar-refractivity contribution in [3.05, 3.63) is 64.7 Å². The highest BCUT2D eigenvalue weighted by Crippen LogP contribution is 2.21. The summed E-state index contributed by atoms with van der Waals surface area (Å²) < 4.78 is 52.2. The first kappa shape index (κ1) is 24.5. The van der Waals surface area contributed by atoms with Crippen LogP contribution >= 0.6 is 11.6 Å². The van der Waals surface area contributed by atoms with E-state index in [9.17, 15) is 26.8 Å². The van der Waals surface area contributed by atoms with Gasteiger partial charge in [-0.3, -0.25) is 13.9 Å². The maximum absolute atomic E-state index is 13.7. The van der Waals surface area contributed by atoms with Crippen LogP contribution in [0.3, 0.4) is 0 Å². The van der Waals surface area contributed by atoms with Gasteiger partial charge in [0, 0.05) is 24.7 Å². The van der Waals surface area contributed by atoms with Crippen molar-refractivity contribution in [3.8, 4) is 0 Å². The average molecular weight is 474 g/mol. The molecule has 11 heteroatoms. The fourth-order valence-electron chi connectivity index (χ4n) is 2.83. The van der Waals surface area contributed by atoms with E-state index in [-0.39, 0.29) is 12.2 Å². The molecule has 168 valence electrons. The van der Waals surface area contributed by atoms with Gasteiger partial charge in [-0.05, 0) is 36.8 Å². The molecule has 0 bridgehead atoms. The Labute approximate surface area is 184 Å². The second-order valence-corrected chi connectivity index (χ2v) is 9.15. The van der Waals surface area contributed by atoms with Gasteiger partial charge in [-0.1, -0.05) is 23.7 Å². The summed E-state index contributed by atoms with van der Waals surface area (Å²) in [5, 5.41) is 2.94. The van der Waals surface area contributed by atoms with Crippen LogP contribution in [-0.2, 0) is 26.2 Å². The summed E-state index contributed by atoms with van der Waals surface area (Å²) in [7, 11) is -2.62. The number of halogens is 3. The van der Waals surface area contributed by atoms with Crippen molar-refractivity contribution in [2.75, 3.05) is 24.2 Å². The lowest BCUT2D eigenvalue weighted by atomic mass is 10.1. The number of amides is 2. The Bertz CT molecular complexity index is 1060. The molecule has 2 rings (SSSR count). The fourth-order valence-corrected chi connectivity index (χ4v) is 3.80. The number of likely N-dealkylation sites (N-methyl/N-ethyl adjacent to an activating group) is 1. The highest BCUT2D eigenvalue weighted by molar-refractivity contribution is 7.92. The second kappa shape index (κ2) is 10.1. The molecule has 0 spiro atoms. The Balaban J connectivity index is 2.39. The predicted octanol–water partition coefficient (Wildman–Crippen LogP) is 2.55. The Kier molecular flexibility index (Phi) is 7.96. The third-order valence-electron chi connectivity index (χ3n) is 4.55. The number of anilines is 1. The standard InChI is InChI=1S/C20H22ClF2N3O4S/c1-13(20(28)24-2)25(11-14-4-6-15(21)7-5-14)19(27)12-26(31(3,29)30)16-8-9-17(22)18(23)10-16/h4-10,13H,11-12H2,1-3H3,(H,24,28)/t13-/m1/s1. The molecule has 1 atom stereocenters. The molecule has 0 aliphatic rings. The zero-order valence-corrected chi connectivity index (χ0v) is 18.7. The average Bonchev–Trinajstić information content (AvgIpc) is 2.71. The summed E-state index contributed by atoms with van der Waals surface area (Å²) in [6, 6.07) is 8.16. The first-order valence-electron chi connectivity index (χ1n) is 9.12. The number of carbonyl (C=O) groups is 2. The van der Waals surface area contributed by atoms with Crippen LogP contribution in [0, 0.1) is 11.6 Å². The van der Waals surface area contributed by atoms with Gasteiger partial charge in [-0.25, -0.2) is 17.2 Å². The molecule has 0 aliphatic heterocycles. The molecule has 0 aromatic heterocycles. The SMILES string of the molecule is CNC(=O)[C@@H](C)N(Cc1ccc(Cl)cc1)C(=O)CN(c1ccc(F)c(F)c1)S(C)(=O)=O. The van der Waals surface area contributed by atoms with E-state index < -0.39 is 46.1 Å². The molecular weight excluding hydrogens is 452 g/mol. The van der Waals surface area contributed by atoms with Crippen LogP contribution in [0.25, 0.3) is 0 Å². The molecule has 0 saturated carbocycles. The Morgan fingerprint density at radius 2 is 1.71 bits per heavy atom. The minimum absolute atomic E-state index is 0.0000300. The van der Waals surface area contributed by atoms with Gasteiger partial charge in [0.1, 0.15) is 12.6 Å². The van der Waals surface area contributed by atoms with Crippen LogP contribution in [-0.4, -0.2) is 51.0 Å². The monoisotopic (exact) mass is 473 g/mol. The number of nitrogens with zero attached hydrogens (tertiary/aromatic N) is 2. The van der Waals surface area contributed by atoms with E-state index in [1.807, 2.05) is 0 Å². The molecule has 0 radical (unpaired) electrons. The Morgan fingerprint density at radius 1 is 1.10 bits per heavy atom. The van der Waals surface area contributed by atoms with Gasteiger partial charge in [0.05, 0.1) is 11.9 Å². The van der Waals surface area contributed by atoms with Crippen LogP contribution in [0.1, 0.15) is 12.5 Å². The number of sulfonamides is 1. The van der Waals surface area contributed by atoms with Crippen LogP contribution in [0.15, 0.2) is 42.5 Å². The lowest BCUT2D eigenvalue weighted by Gasteiger charge is -2.31. The molecule has 7 nitrogen and oxygen atoms in total. The third kappa shape index (κ3) is 6.38. The highest BCUT2D eigenvalue weighted by Gasteiger charge is 2.30. The van der Waals surface area contributed by atoms with Crippen molar-refractivity contribution in [3.63, 3.8) is 0 Å². The van der Waals surface area contributed by atoms with Gasteiger partial charge in [0.15, 0.2) is 11.6 Å². The number of benzene rings is 2. The smallest absolute Gasteiger partial charge is 0.244 e. The molecule has 2 aromatic carbocycles. The predicted molar refractivity (Wildman–Crippen MR) is 114 cm³/mol.